The van der Waals surface area contributed by atoms with E-state index in [1.165, 1.54) is 0 Å². The minimum absolute atomic E-state index is 0.0304. The molecular weight excluding hydrogens is 254 g/mol. The third-order valence-corrected chi connectivity index (χ3v) is 3.50. The Balaban J connectivity index is 1.98. The van der Waals surface area contributed by atoms with Crippen LogP contribution < -0.4 is 5.32 Å². The summed E-state index contributed by atoms with van der Waals surface area (Å²) < 4.78 is 0. The van der Waals surface area contributed by atoms with Gasteiger partial charge in [0, 0.05) is 37.8 Å². The fourth-order valence-corrected chi connectivity index (χ4v) is 2.40. The predicted octanol–water partition coefficient (Wildman–Crippen LogP) is 1.14. The molecular formula is C15H21N3O2. The molecule has 0 spiro atoms. The van der Waals surface area contributed by atoms with Gasteiger partial charge in [-0.05, 0) is 18.6 Å². The third-order valence-electron chi connectivity index (χ3n) is 3.50. The van der Waals surface area contributed by atoms with E-state index in [1.54, 1.807) is 11.1 Å². The van der Waals surface area contributed by atoms with E-state index >= 15 is 0 Å². The summed E-state index contributed by atoms with van der Waals surface area (Å²) in [4.78, 5) is 30.1. The van der Waals surface area contributed by atoms with Gasteiger partial charge in [0.2, 0.25) is 11.8 Å². The van der Waals surface area contributed by atoms with Gasteiger partial charge in [-0.3, -0.25) is 14.6 Å². The fourth-order valence-electron chi connectivity index (χ4n) is 2.40. The normalized spacial score (nSPS) is 19.6. The highest BCUT2D eigenvalue weighted by Crippen LogP contribution is 2.09. The van der Waals surface area contributed by atoms with Gasteiger partial charge in [-0.25, -0.2) is 0 Å². The van der Waals surface area contributed by atoms with Crippen molar-refractivity contribution in [2.45, 2.75) is 38.6 Å². The molecule has 0 aromatic carbocycles. The fraction of sp³-hybridized carbons (Fsp3) is 0.533. The molecule has 5 nitrogen and oxygen atoms in total. The Hall–Kier alpha value is -1.91. The van der Waals surface area contributed by atoms with Crippen LogP contribution in [-0.4, -0.2) is 40.8 Å². The lowest BCUT2D eigenvalue weighted by molar-refractivity contribution is -0.133. The van der Waals surface area contributed by atoms with Crippen molar-refractivity contribution >= 4 is 11.8 Å². The van der Waals surface area contributed by atoms with Crippen LogP contribution in [0.1, 0.15) is 31.9 Å². The molecule has 1 unspecified atom stereocenters. The Morgan fingerprint density at radius 3 is 2.95 bits per heavy atom. The van der Waals surface area contributed by atoms with Crippen molar-refractivity contribution in [3.05, 3.63) is 30.1 Å². The Bertz CT molecular complexity index is 461. The Kier molecular flexibility index (Phi) is 5.09. The number of amides is 2. The lowest BCUT2D eigenvalue weighted by Crippen LogP contribution is -2.45. The van der Waals surface area contributed by atoms with E-state index in [1.807, 2.05) is 25.1 Å². The van der Waals surface area contributed by atoms with Gasteiger partial charge in [-0.2, -0.15) is 0 Å². The van der Waals surface area contributed by atoms with Crippen molar-refractivity contribution in [3.63, 3.8) is 0 Å². The molecule has 1 N–H and O–H groups in total. The standard InChI is InChI=1S/C15H21N3O2/c1-2-5-13-15(20)18(11-8-14(19)17-13)10-7-12-6-3-4-9-16-12/h3-4,6,9,13H,2,5,7-8,10-11H2,1H3,(H,17,19). The summed E-state index contributed by atoms with van der Waals surface area (Å²) >= 11 is 0. The summed E-state index contributed by atoms with van der Waals surface area (Å²) in [6.45, 7) is 3.13. The molecule has 0 saturated carbocycles. The van der Waals surface area contributed by atoms with Crippen molar-refractivity contribution in [3.8, 4) is 0 Å². The maximum atomic E-state index is 12.4. The molecule has 1 atom stereocenters. The number of carbonyl (C=O) groups is 2. The van der Waals surface area contributed by atoms with E-state index in [-0.39, 0.29) is 17.9 Å². The van der Waals surface area contributed by atoms with Crippen molar-refractivity contribution in [2.24, 2.45) is 0 Å². The maximum Gasteiger partial charge on any atom is 0.245 e. The molecule has 1 aliphatic heterocycles. The zero-order chi connectivity index (χ0) is 14.4. The Labute approximate surface area is 119 Å². The zero-order valence-electron chi connectivity index (χ0n) is 11.8. The Morgan fingerprint density at radius 1 is 1.40 bits per heavy atom. The highest BCUT2D eigenvalue weighted by molar-refractivity contribution is 5.89. The van der Waals surface area contributed by atoms with E-state index in [9.17, 15) is 9.59 Å². The molecule has 5 heteroatoms. The van der Waals surface area contributed by atoms with E-state index in [2.05, 4.69) is 10.3 Å². The van der Waals surface area contributed by atoms with E-state index in [4.69, 9.17) is 0 Å². The average Bonchev–Trinajstić information content (AvgIpc) is 2.59. The number of carbonyl (C=O) groups excluding carboxylic acids is 2. The molecule has 1 saturated heterocycles. The SMILES string of the molecule is CCCC1NC(=O)CCN(CCc2ccccn2)C1=O. The van der Waals surface area contributed by atoms with Gasteiger partial charge in [0.1, 0.15) is 6.04 Å². The van der Waals surface area contributed by atoms with Gasteiger partial charge >= 0.3 is 0 Å². The second-order valence-electron chi connectivity index (χ2n) is 5.06. The number of aromatic nitrogens is 1. The maximum absolute atomic E-state index is 12.4. The molecule has 1 fully saturated rings. The number of hydrogen-bond acceptors (Lipinski definition) is 3. The van der Waals surface area contributed by atoms with Crippen LogP contribution in [0.3, 0.4) is 0 Å². The van der Waals surface area contributed by atoms with Crippen molar-refractivity contribution in [2.75, 3.05) is 13.1 Å². The third kappa shape index (κ3) is 3.79. The first kappa shape index (κ1) is 14.5. The first-order valence-corrected chi connectivity index (χ1v) is 7.18. The lowest BCUT2D eigenvalue weighted by atomic mass is 10.1. The number of nitrogens with one attached hydrogen (secondary N) is 1. The first-order valence-electron chi connectivity index (χ1n) is 7.18. The van der Waals surface area contributed by atoms with Crippen molar-refractivity contribution in [1.82, 2.24) is 15.2 Å². The van der Waals surface area contributed by atoms with Crippen LogP contribution in [0.15, 0.2) is 24.4 Å². The molecule has 20 heavy (non-hydrogen) atoms. The van der Waals surface area contributed by atoms with Crippen LogP contribution in [0.5, 0.6) is 0 Å². The molecule has 1 aromatic heterocycles. The molecule has 2 rings (SSSR count). The van der Waals surface area contributed by atoms with Crippen LogP contribution in [-0.2, 0) is 16.0 Å². The van der Waals surface area contributed by atoms with Crippen LogP contribution >= 0.6 is 0 Å². The molecule has 0 bridgehead atoms. The lowest BCUT2D eigenvalue weighted by Gasteiger charge is -2.23. The van der Waals surface area contributed by atoms with Gasteiger partial charge in [0.05, 0.1) is 0 Å². The first-order chi connectivity index (χ1) is 9.70. The summed E-state index contributed by atoms with van der Waals surface area (Å²) in [6.07, 6.45) is 4.44. The van der Waals surface area contributed by atoms with E-state index in [0.29, 0.717) is 25.9 Å². The molecule has 108 valence electrons. The monoisotopic (exact) mass is 275 g/mol. The summed E-state index contributed by atoms with van der Waals surface area (Å²) in [5.41, 5.74) is 0.968. The molecule has 0 radical (unpaired) electrons. The molecule has 1 aliphatic rings. The predicted molar refractivity (Wildman–Crippen MR) is 76.0 cm³/mol. The molecule has 0 aliphatic carbocycles. The van der Waals surface area contributed by atoms with Crippen LogP contribution in [0.25, 0.3) is 0 Å². The van der Waals surface area contributed by atoms with Crippen LogP contribution in [0.2, 0.25) is 0 Å². The zero-order valence-corrected chi connectivity index (χ0v) is 11.8. The molecule has 1 aromatic rings. The van der Waals surface area contributed by atoms with E-state index in [0.717, 1.165) is 18.5 Å². The quantitative estimate of drug-likeness (QED) is 0.876. The van der Waals surface area contributed by atoms with Gasteiger partial charge in [-0.15, -0.1) is 0 Å². The van der Waals surface area contributed by atoms with Gasteiger partial charge in [-0.1, -0.05) is 19.4 Å². The topological polar surface area (TPSA) is 62.3 Å². The van der Waals surface area contributed by atoms with Gasteiger partial charge in [0.25, 0.3) is 0 Å². The van der Waals surface area contributed by atoms with Gasteiger partial charge in [0.15, 0.2) is 0 Å². The smallest absolute Gasteiger partial charge is 0.245 e. The van der Waals surface area contributed by atoms with Crippen LogP contribution in [0, 0.1) is 0 Å². The average molecular weight is 275 g/mol. The minimum atomic E-state index is -0.362. The molecule has 2 amide bonds. The second-order valence-corrected chi connectivity index (χ2v) is 5.06. The number of nitrogens with zero attached hydrogens (tertiary/aromatic N) is 2. The van der Waals surface area contributed by atoms with E-state index < -0.39 is 0 Å². The number of pyridine rings is 1. The van der Waals surface area contributed by atoms with Crippen LogP contribution in [0.4, 0.5) is 0 Å². The highest BCUT2D eigenvalue weighted by Gasteiger charge is 2.28. The van der Waals surface area contributed by atoms with Crippen molar-refractivity contribution < 1.29 is 9.59 Å². The molecule has 2 heterocycles. The summed E-state index contributed by atoms with van der Waals surface area (Å²) in [6, 6.07) is 5.41. The summed E-state index contributed by atoms with van der Waals surface area (Å²) in [5.74, 6) is 0.00534. The Morgan fingerprint density at radius 2 is 2.25 bits per heavy atom. The highest BCUT2D eigenvalue weighted by atomic mass is 16.2. The summed E-state index contributed by atoms with van der Waals surface area (Å²) in [7, 11) is 0. The number of rotatable bonds is 5. The van der Waals surface area contributed by atoms with Gasteiger partial charge < -0.3 is 10.2 Å². The summed E-state index contributed by atoms with van der Waals surface area (Å²) in [5, 5.41) is 2.81. The second kappa shape index (κ2) is 7.03. The van der Waals surface area contributed by atoms with Crippen molar-refractivity contribution in [1.29, 1.82) is 0 Å². The number of hydrogen-bond donors (Lipinski definition) is 1. The largest absolute Gasteiger partial charge is 0.344 e. The minimum Gasteiger partial charge on any atom is -0.344 e.